The first-order chi connectivity index (χ1) is 9.35. The van der Waals surface area contributed by atoms with Crippen LogP contribution in [0.5, 0.6) is 0 Å². The Bertz CT molecular complexity index is 589. The second kappa shape index (κ2) is 5.89. The third-order valence-corrected chi connectivity index (χ3v) is 3.02. The smallest absolute Gasteiger partial charge is 0.164 e. The lowest BCUT2D eigenvalue weighted by atomic mass is 10.1. The van der Waals surface area contributed by atoms with Crippen LogP contribution in [0.15, 0.2) is 24.5 Å². The average molecular weight is 297 g/mol. The number of hydrogen-bond donors (Lipinski definition) is 1. The van der Waals surface area contributed by atoms with Crippen LogP contribution in [0.4, 0.5) is 4.39 Å². The number of benzene rings is 1. The molecule has 0 saturated heterocycles. The number of halogens is 2. The van der Waals surface area contributed by atoms with Gasteiger partial charge in [0, 0.05) is 11.1 Å². The van der Waals surface area contributed by atoms with Crippen molar-refractivity contribution in [3.05, 3.63) is 46.8 Å². The van der Waals surface area contributed by atoms with E-state index >= 15 is 0 Å². The van der Waals surface area contributed by atoms with E-state index < -0.39 is 5.82 Å². The molecule has 4 nitrogen and oxygen atoms in total. The number of nitrogens with zero attached hydrogens (tertiary/aromatic N) is 3. The summed E-state index contributed by atoms with van der Waals surface area (Å²) in [7, 11) is 0. The molecule has 1 aromatic carbocycles. The lowest BCUT2D eigenvalue weighted by Gasteiger charge is -2.19. The number of rotatable bonds is 4. The molecule has 2 aromatic rings. The SMILES string of the molecule is CC(C)(C)NCc1ncn(Cc2cccc(Cl)c2F)n1. The second-order valence-corrected chi connectivity index (χ2v) is 6.08. The van der Waals surface area contributed by atoms with Crippen molar-refractivity contribution in [1.29, 1.82) is 0 Å². The van der Waals surface area contributed by atoms with Crippen LogP contribution in [0.2, 0.25) is 5.02 Å². The largest absolute Gasteiger partial charge is 0.305 e. The number of nitrogens with one attached hydrogen (secondary N) is 1. The molecule has 108 valence electrons. The fraction of sp³-hybridized carbons (Fsp3) is 0.429. The van der Waals surface area contributed by atoms with Gasteiger partial charge in [0.25, 0.3) is 0 Å². The molecule has 0 aliphatic carbocycles. The Hall–Kier alpha value is -1.46. The van der Waals surface area contributed by atoms with Crippen molar-refractivity contribution >= 4 is 11.6 Å². The first-order valence-electron chi connectivity index (χ1n) is 6.41. The molecule has 0 unspecified atom stereocenters. The maximum atomic E-state index is 13.8. The van der Waals surface area contributed by atoms with Crippen LogP contribution in [0, 0.1) is 5.82 Å². The predicted molar refractivity (Wildman–Crippen MR) is 77.1 cm³/mol. The maximum Gasteiger partial charge on any atom is 0.164 e. The summed E-state index contributed by atoms with van der Waals surface area (Å²) in [6.07, 6.45) is 1.60. The van der Waals surface area contributed by atoms with Gasteiger partial charge in [-0.2, -0.15) is 5.10 Å². The Labute approximate surface area is 123 Å². The van der Waals surface area contributed by atoms with Crippen molar-refractivity contribution in [2.75, 3.05) is 0 Å². The molecule has 20 heavy (non-hydrogen) atoms. The maximum absolute atomic E-state index is 13.8. The van der Waals surface area contributed by atoms with Gasteiger partial charge in [-0.25, -0.2) is 14.1 Å². The van der Waals surface area contributed by atoms with Gasteiger partial charge in [-0.3, -0.25) is 0 Å². The highest BCUT2D eigenvalue weighted by Gasteiger charge is 2.11. The summed E-state index contributed by atoms with van der Waals surface area (Å²) in [5.41, 5.74) is 0.502. The zero-order chi connectivity index (χ0) is 14.8. The van der Waals surface area contributed by atoms with Gasteiger partial charge in [-0.1, -0.05) is 23.7 Å². The van der Waals surface area contributed by atoms with E-state index in [0.717, 1.165) is 0 Å². The van der Waals surface area contributed by atoms with E-state index in [1.165, 1.54) is 6.07 Å². The van der Waals surface area contributed by atoms with Gasteiger partial charge in [0.05, 0.1) is 18.1 Å². The molecule has 0 saturated carbocycles. The van der Waals surface area contributed by atoms with E-state index in [9.17, 15) is 4.39 Å². The molecule has 1 heterocycles. The predicted octanol–water partition coefficient (Wildman–Crippen LogP) is 3.01. The van der Waals surface area contributed by atoms with Gasteiger partial charge in [-0.05, 0) is 26.8 Å². The molecule has 0 atom stereocenters. The Balaban J connectivity index is 2.04. The summed E-state index contributed by atoms with van der Waals surface area (Å²) >= 11 is 5.75. The minimum atomic E-state index is -0.404. The van der Waals surface area contributed by atoms with Crippen molar-refractivity contribution in [3.63, 3.8) is 0 Å². The number of aromatic nitrogens is 3. The molecule has 2 rings (SSSR count). The molecule has 0 amide bonds. The molecular weight excluding hydrogens is 279 g/mol. The summed E-state index contributed by atoms with van der Waals surface area (Å²) in [6, 6.07) is 4.94. The van der Waals surface area contributed by atoms with Crippen LogP contribution in [0.25, 0.3) is 0 Å². The molecule has 0 aliphatic heterocycles. The van der Waals surface area contributed by atoms with Gasteiger partial charge in [0.2, 0.25) is 0 Å². The zero-order valence-corrected chi connectivity index (χ0v) is 12.6. The molecule has 0 radical (unpaired) electrons. The van der Waals surface area contributed by atoms with Crippen LogP contribution in [-0.4, -0.2) is 20.3 Å². The van der Waals surface area contributed by atoms with Crippen molar-refractivity contribution < 1.29 is 4.39 Å². The van der Waals surface area contributed by atoms with E-state index in [4.69, 9.17) is 11.6 Å². The lowest BCUT2D eigenvalue weighted by molar-refractivity contribution is 0.417. The molecule has 0 fully saturated rings. The van der Waals surface area contributed by atoms with Gasteiger partial charge in [0.15, 0.2) is 5.82 Å². The molecular formula is C14H18ClFN4. The van der Waals surface area contributed by atoms with Crippen LogP contribution in [-0.2, 0) is 13.1 Å². The van der Waals surface area contributed by atoms with Crippen LogP contribution in [0.1, 0.15) is 32.2 Å². The highest BCUT2D eigenvalue weighted by Crippen LogP contribution is 2.18. The van der Waals surface area contributed by atoms with Gasteiger partial charge in [-0.15, -0.1) is 0 Å². The van der Waals surface area contributed by atoms with E-state index in [2.05, 4.69) is 36.2 Å². The first-order valence-corrected chi connectivity index (χ1v) is 6.79. The third kappa shape index (κ3) is 4.02. The second-order valence-electron chi connectivity index (χ2n) is 5.67. The van der Waals surface area contributed by atoms with E-state index in [1.807, 2.05) is 0 Å². The summed E-state index contributed by atoms with van der Waals surface area (Å²) < 4.78 is 15.4. The van der Waals surface area contributed by atoms with E-state index in [-0.39, 0.29) is 10.6 Å². The highest BCUT2D eigenvalue weighted by atomic mass is 35.5. The van der Waals surface area contributed by atoms with E-state index in [0.29, 0.717) is 24.5 Å². The summed E-state index contributed by atoms with van der Waals surface area (Å²) in [6.45, 7) is 7.12. The minimum absolute atomic E-state index is 0.00449. The normalized spacial score (nSPS) is 11.8. The summed E-state index contributed by atoms with van der Waals surface area (Å²) in [5, 5.41) is 7.74. The summed E-state index contributed by atoms with van der Waals surface area (Å²) in [4.78, 5) is 4.20. The van der Waals surface area contributed by atoms with Gasteiger partial charge >= 0.3 is 0 Å². The lowest BCUT2D eigenvalue weighted by Crippen LogP contribution is -2.35. The van der Waals surface area contributed by atoms with Crippen LogP contribution >= 0.6 is 11.6 Å². The number of hydrogen-bond acceptors (Lipinski definition) is 3. The Kier molecular flexibility index (Phi) is 4.40. The fourth-order valence-corrected chi connectivity index (χ4v) is 1.87. The molecule has 0 bridgehead atoms. The van der Waals surface area contributed by atoms with Crippen LogP contribution < -0.4 is 5.32 Å². The Morgan fingerprint density at radius 1 is 1.35 bits per heavy atom. The third-order valence-electron chi connectivity index (χ3n) is 2.72. The molecule has 1 aromatic heterocycles. The van der Waals surface area contributed by atoms with Crippen molar-refractivity contribution in [2.45, 2.75) is 39.4 Å². The van der Waals surface area contributed by atoms with Crippen molar-refractivity contribution in [2.24, 2.45) is 0 Å². The Morgan fingerprint density at radius 2 is 2.10 bits per heavy atom. The average Bonchev–Trinajstić information content (AvgIpc) is 2.80. The molecule has 6 heteroatoms. The topological polar surface area (TPSA) is 42.7 Å². The quantitative estimate of drug-likeness (QED) is 0.943. The minimum Gasteiger partial charge on any atom is -0.305 e. The molecule has 0 aliphatic rings. The first kappa shape index (κ1) is 14.9. The molecule has 1 N–H and O–H groups in total. The van der Waals surface area contributed by atoms with Crippen molar-refractivity contribution in [3.8, 4) is 0 Å². The molecule has 0 spiro atoms. The van der Waals surface area contributed by atoms with E-state index in [1.54, 1.807) is 23.1 Å². The van der Waals surface area contributed by atoms with Crippen molar-refractivity contribution in [1.82, 2.24) is 20.1 Å². The standard InChI is InChI=1S/C14H18ClFN4/c1-14(2,3)18-7-12-17-9-20(19-12)8-10-5-4-6-11(15)13(10)16/h4-6,9,18H,7-8H2,1-3H3. The highest BCUT2D eigenvalue weighted by molar-refractivity contribution is 6.30. The summed E-state index contributed by atoms with van der Waals surface area (Å²) in [5.74, 6) is 0.279. The monoisotopic (exact) mass is 296 g/mol. The van der Waals surface area contributed by atoms with Gasteiger partial charge in [0.1, 0.15) is 12.1 Å². The van der Waals surface area contributed by atoms with Gasteiger partial charge < -0.3 is 5.32 Å². The van der Waals surface area contributed by atoms with Crippen LogP contribution in [0.3, 0.4) is 0 Å². The Morgan fingerprint density at radius 3 is 2.80 bits per heavy atom. The zero-order valence-electron chi connectivity index (χ0n) is 11.8. The fourth-order valence-electron chi connectivity index (χ4n) is 1.68.